The number of nitrogens with one attached hydrogen (secondary N) is 1. The van der Waals surface area contributed by atoms with Crippen molar-refractivity contribution in [3.63, 3.8) is 0 Å². The van der Waals surface area contributed by atoms with E-state index >= 15 is 0 Å². The SMILES string of the molecule is O=C(NCC1C=CC=NC1)OC1CCC=C(C2=CC=CC=CC2)C1. The van der Waals surface area contributed by atoms with Crippen LogP contribution in [0.2, 0.25) is 0 Å². The standard InChI is InChI=1S/C20H24N2O2/c23-20(22-15-16-7-6-12-21-14-16)24-19-11-5-10-18(13-19)17-8-3-1-2-4-9-17/h1-4,6-8,10,12,16,19H,5,9,11,13-15H2,(H,22,23). The molecule has 0 aromatic heterocycles. The lowest BCUT2D eigenvalue weighted by Crippen LogP contribution is -2.34. The first kappa shape index (κ1) is 16.5. The number of alkyl carbamates (subject to hydrolysis) is 1. The molecule has 1 N–H and O–H groups in total. The molecule has 0 spiro atoms. The maximum atomic E-state index is 12.0. The predicted octanol–water partition coefficient (Wildman–Crippen LogP) is 3.89. The van der Waals surface area contributed by atoms with Gasteiger partial charge in [-0.15, -0.1) is 0 Å². The Hall–Kier alpha value is -2.36. The number of carbonyl (C=O) groups excluding carboxylic acids is 1. The summed E-state index contributed by atoms with van der Waals surface area (Å²) in [7, 11) is 0. The van der Waals surface area contributed by atoms with Crippen LogP contribution in [-0.2, 0) is 4.74 Å². The predicted molar refractivity (Wildman–Crippen MR) is 97.2 cm³/mol. The van der Waals surface area contributed by atoms with E-state index in [1.54, 1.807) is 6.21 Å². The molecule has 126 valence electrons. The number of allylic oxidation sites excluding steroid dienone is 8. The van der Waals surface area contributed by atoms with Crippen LogP contribution in [0.1, 0.15) is 25.7 Å². The van der Waals surface area contributed by atoms with E-state index in [4.69, 9.17) is 4.74 Å². The summed E-state index contributed by atoms with van der Waals surface area (Å²) < 4.78 is 5.62. The first-order chi connectivity index (χ1) is 11.8. The minimum atomic E-state index is -0.321. The Bertz CT molecular complexity index is 638. The lowest BCUT2D eigenvalue weighted by molar-refractivity contribution is 0.0903. The third-order valence-electron chi connectivity index (χ3n) is 4.43. The van der Waals surface area contributed by atoms with Crippen LogP contribution in [0.15, 0.2) is 64.7 Å². The van der Waals surface area contributed by atoms with Gasteiger partial charge in [-0.1, -0.05) is 42.5 Å². The van der Waals surface area contributed by atoms with Crippen LogP contribution in [0.5, 0.6) is 0 Å². The topological polar surface area (TPSA) is 50.7 Å². The van der Waals surface area contributed by atoms with Crippen molar-refractivity contribution >= 4 is 12.3 Å². The third kappa shape index (κ3) is 4.82. The summed E-state index contributed by atoms with van der Waals surface area (Å²) in [6, 6.07) is 0. The molecule has 1 amide bonds. The Balaban J connectivity index is 1.46. The minimum absolute atomic E-state index is 0.0398. The number of hydrogen-bond donors (Lipinski definition) is 1. The monoisotopic (exact) mass is 324 g/mol. The van der Waals surface area contributed by atoms with Gasteiger partial charge in [-0.05, 0) is 36.5 Å². The smallest absolute Gasteiger partial charge is 0.407 e. The molecule has 2 aliphatic carbocycles. The number of rotatable bonds is 4. The zero-order chi connectivity index (χ0) is 16.6. The summed E-state index contributed by atoms with van der Waals surface area (Å²) in [5, 5.41) is 2.86. The summed E-state index contributed by atoms with van der Waals surface area (Å²) in [6.45, 7) is 1.30. The highest BCUT2D eigenvalue weighted by atomic mass is 16.6. The minimum Gasteiger partial charge on any atom is -0.446 e. The van der Waals surface area contributed by atoms with Crippen molar-refractivity contribution in [2.24, 2.45) is 10.9 Å². The first-order valence-corrected chi connectivity index (χ1v) is 8.64. The van der Waals surface area contributed by atoms with Gasteiger partial charge in [0.1, 0.15) is 6.10 Å². The molecule has 3 aliphatic rings. The fourth-order valence-corrected chi connectivity index (χ4v) is 3.12. The van der Waals surface area contributed by atoms with Crippen LogP contribution in [0, 0.1) is 5.92 Å². The number of amides is 1. The molecule has 0 saturated carbocycles. The van der Waals surface area contributed by atoms with Crippen LogP contribution < -0.4 is 5.32 Å². The van der Waals surface area contributed by atoms with Crippen LogP contribution >= 0.6 is 0 Å². The van der Waals surface area contributed by atoms with E-state index in [1.807, 2.05) is 12.2 Å². The van der Waals surface area contributed by atoms with Crippen molar-refractivity contribution in [2.45, 2.75) is 31.8 Å². The average Bonchev–Trinajstić information content (AvgIpc) is 2.91. The maximum Gasteiger partial charge on any atom is 0.407 e. The fraction of sp³-hybridized carbons (Fsp3) is 0.400. The number of nitrogens with zero attached hydrogens (tertiary/aromatic N) is 1. The first-order valence-electron chi connectivity index (χ1n) is 8.64. The summed E-state index contributed by atoms with van der Waals surface area (Å²) in [5.41, 5.74) is 2.62. The highest BCUT2D eigenvalue weighted by molar-refractivity contribution is 5.72. The zero-order valence-corrected chi connectivity index (χ0v) is 13.9. The van der Waals surface area contributed by atoms with Gasteiger partial charge in [-0.3, -0.25) is 4.99 Å². The molecule has 0 fully saturated rings. The van der Waals surface area contributed by atoms with Gasteiger partial charge in [0.05, 0.1) is 0 Å². The van der Waals surface area contributed by atoms with Crippen molar-refractivity contribution in [1.82, 2.24) is 5.32 Å². The third-order valence-corrected chi connectivity index (χ3v) is 4.43. The number of carbonyl (C=O) groups is 1. The van der Waals surface area contributed by atoms with Crippen molar-refractivity contribution in [3.05, 3.63) is 59.8 Å². The molecule has 1 aliphatic heterocycles. The van der Waals surface area contributed by atoms with Gasteiger partial charge < -0.3 is 10.1 Å². The number of hydrogen-bond acceptors (Lipinski definition) is 3. The molecule has 0 bridgehead atoms. The molecule has 0 aromatic carbocycles. The molecule has 0 aromatic rings. The van der Waals surface area contributed by atoms with E-state index in [-0.39, 0.29) is 18.1 Å². The Morgan fingerprint density at radius 2 is 2.21 bits per heavy atom. The lowest BCUT2D eigenvalue weighted by atomic mass is 9.90. The molecule has 4 nitrogen and oxygen atoms in total. The molecular weight excluding hydrogens is 300 g/mol. The Labute approximate surface area is 143 Å². The second-order valence-corrected chi connectivity index (χ2v) is 6.29. The highest BCUT2D eigenvalue weighted by Crippen LogP contribution is 2.29. The summed E-state index contributed by atoms with van der Waals surface area (Å²) in [4.78, 5) is 16.2. The number of dihydropyridines is 1. The average molecular weight is 324 g/mol. The van der Waals surface area contributed by atoms with Crippen molar-refractivity contribution in [3.8, 4) is 0 Å². The van der Waals surface area contributed by atoms with Gasteiger partial charge in [0.15, 0.2) is 0 Å². The van der Waals surface area contributed by atoms with Gasteiger partial charge in [0, 0.05) is 31.6 Å². The summed E-state index contributed by atoms with van der Waals surface area (Å²) in [6.07, 6.45) is 21.8. The van der Waals surface area contributed by atoms with E-state index in [9.17, 15) is 4.79 Å². The van der Waals surface area contributed by atoms with Crippen molar-refractivity contribution < 1.29 is 9.53 Å². The molecule has 1 heterocycles. The van der Waals surface area contributed by atoms with E-state index in [1.165, 1.54) is 11.1 Å². The second-order valence-electron chi connectivity index (χ2n) is 6.29. The van der Waals surface area contributed by atoms with Crippen LogP contribution in [-0.4, -0.2) is 31.5 Å². The van der Waals surface area contributed by atoms with E-state index in [2.05, 4.69) is 46.8 Å². The number of ether oxygens (including phenoxy) is 1. The van der Waals surface area contributed by atoms with Crippen LogP contribution in [0.4, 0.5) is 4.79 Å². The fourth-order valence-electron chi connectivity index (χ4n) is 3.12. The largest absolute Gasteiger partial charge is 0.446 e. The summed E-state index contributed by atoms with van der Waals surface area (Å²) >= 11 is 0. The van der Waals surface area contributed by atoms with E-state index in [0.29, 0.717) is 6.54 Å². The molecule has 0 radical (unpaired) electrons. The number of aliphatic imine (C=N–C) groups is 1. The normalized spacial score (nSPS) is 25.7. The van der Waals surface area contributed by atoms with Crippen molar-refractivity contribution in [1.29, 1.82) is 0 Å². The van der Waals surface area contributed by atoms with Gasteiger partial charge in [0.2, 0.25) is 0 Å². The molecule has 3 rings (SSSR count). The molecular formula is C20H24N2O2. The molecule has 2 atom stereocenters. The van der Waals surface area contributed by atoms with Gasteiger partial charge in [-0.25, -0.2) is 4.79 Å². The lowest BCUT2D eigenvalue weighted by Gasteiger charge is -2.24. The molecule has 4 heteroatoms. The second kappa shape index (κ2) is 8.48. The zero-order valence-electron chi connectivity index (χ0n) is 13.9. The quantitative estimate of drug-likeness (QED) is 0.853. The van der Waals surface area contributed by atoms with E-state index in [0.717, 1.165) is 32.2 Å². The maximum absolute atomic E-state index is 12.0. The van der Waals surface area contributed by atoms with Crippen molar-refractivity contribution in [2.75, 3.05) is 13.1 Å². The van der Waals surface area contributed by atoms with E-state index < -0.39 is 0 Å². The van der Waals surface area contributed by atoms with Crippen LogP contribution in [0.3, 0.4) is 0 Å². The Morgan fingerprint density at radius 3 is 3.08 bits per heavy atom. The van der Waals surface area contributed by atoms with Crippen LogP contribution in [0.25, 0.3) is 0 Å². The van der Waals surface area contributed by atoms with Gasteiger partial charge in [0.25, 0.3) is 0 Å². The summed E-state index contributed by atoms with van der Waals surface area (Å²) in [5.74, 6) is 0.263. The molecule has 0 saturated heterocycles. The molecule has 24 heavy (non-hydrogen) atoms. The van der Waals surface area contributed by atoms with Gasteiger partial charge >= 0.3 is 6.09 Å². The highest BCUT2D eigenvalue weighted by Gasteiger charge is 2.21. The van der Waals surface area contributed by atoms with Gasteiger partial charge in [-0.2, -0.15) is 0 Å². The Morgan fingerprint density at radius 1 is 1.25 bits per heavy atom. The Kier molecular flexibility index (Phi) is 5.83. The molecule has 2 unspecified atom stereocenters.